The van der Waals surface area contributed by atoms with E-state index in [1.165, 1.54) is 17.4 Å². The molecule has 0 aliphatic heterocycles. The van der Waals surface area contributed by atoms with Crippen molar-refractivity contribution < 1.29 is 17.9 Å². The van der Waals surface area contributed by atoms with Gasteiger partial charge in [0, 0.05) is 18.4 Å². The molecule has 0 spiro atoms. The monoisotopic (exact) mass is 539 g/mol. The molecular formula is C26H26ClN5O4S. The molecule has 1 aliphatic rings. The van der Waals surface area contributed by atoms with E-state index in [2.05, 4.69) is 20.5 Å². The van der Waals surface area contributed by atoms with Crippen molar-refractivity contribution in [3.8, 4) is 5.75 Å². The Hall–Kier alpha value is -3.63. The van der Waals surface area contributed by atoms with Gasteiger partial charge < -0.3 is 10.1 Å². The summed E-state index contributed by atoms with van der Waals surface area (Å²) in [5.41, 5.74) is 2.50. The van der Waals surface area contributed by atoms with Crippen LogP contribution in [0.15, 0.2) is 65.8 Å². The van der Waals surface area contributed by atoms with Crippen LogP contribution in [0.5, 0.6) is 5.75 Å². The van der Waals surface area contributed by atoms with Crippen LogP contribution in [0.2, 0.25) is 5.15 Å². The summed E-state index contributed by atoms with van der Waals surface area (Å²) in [6.45, 7) is 1.90. The number of ether oxygens (including phenoxy) is 1. The maximum atomic E-state index is 13.6. The van der Waals surface area contributed by atoms with E-state index in [9.17, 15) is 13.2 Å². The number of aromatic nitrogens is 4. The van der Waals surface area contributed by atoms with Crippen LogP contribution in [0.4, 0.5) is 0 Å². The van der Waals surface area contributed by atoms with E-state index in [1.807, 2.05) is 30.3 Å². The Morgan fingerprint density at radius 3 is 2.62 bits per heavy atom. The lowest BCUT2D eigenvalue weighted by molar-refractivity contribution is 0.0937. The standard InChI is InChI=1S/C26H26ClN5O4S/c1-17-23(24(27)31-30-17)37(34,35)32-16-29-20-12-13-26(14-21(20)32,18-8-4-3-5-9-18)15-28-25(33)19-10-6-7-11-22(19)36-2/h3-11,16H,12-15H2,1-2H3,(H,28,33)(H,30,31). The number of hydrogen-bond donors (Lipinski definition) is 2. The molecule has 2 N–H and O–H groups in total. The van der Waals surface area contributed by atoms with Gasteiger partial charge in [0.15, 0.2) is 5.15 Å². The number of fused-ring (bicyclic) bond motifs is 1. The molecule has 9 nitrogen and oxygen atoms in total. The van der Waals surface area contributed by atoms with Gasteiger partial charge in [-0.05, 0) is 37.5 Å². The van der Waals surface area contributed by atoms with Crippen molar-refractivity contribution in [1.29, 1.82) is 0 Å². The minimum atomic E-state index is -4.05. The van der Waals surface area contributed by atoms with Gasteiger partial charge in [-0.2, -0.15) is 5.10 Å². The number of methoxy groups -OCH3 is 1. The molecule has 1 atom stereocenters. The van der Waals surface area contributed by atoms with E-state index >= 15 is 0 Å². The van der Waals surface area contributed by atoms with Gasteiger partial charge in [-0.1, -0.05) is 54.1 Å². The summed E-state index contributed by atoms with van der Waals surface area (Å²) in [4.78, 5) is 17.5. The van der Waals surface area contributed by atoms with Crippen molar-refractivity contribution in [2.75, 3.05) is 13.7 Å². The van der Waals surface area contributed by atoms with Gasteiger partial charge in [-0.15, -0.1) is 0 Å². The van der Waals surface area contributed by atoms with Gasteiger partial charge in [0.25, 0.3) is 15.9 Å². The molecule has 37 heavy (non-hydrogen) atoms. The van der Waals surface area contributed by atoms with E-state index in [-0.39, 0.29) is 16.0 Å². The summed E-state index contributed by atoms with van der Waals surface area (Å²) in [5, 5.41) is 9.43. The Labute approximate surface area is 219 Å². The fraction of sp³-hybridized carbons (Fsp3) is 0.269. The normalized spacial score (nSPS) is 17.3. The fourth-order valence-electron chi connectivity index (χ4n) is 5.01. The number of carbonyl (C=O) groups excluding carboxylic acids is 1. The summed E-state index contributed by atoms with van der Waals surface area (Å²) < 4.78 is 33.8. The number of carbonyl (C=O) groups is 1. The van der Waals surface area contributed by atoms with Gasteiger partial charge in [0.2, 0.25) is 0 Å². The highest BCUT2D eigenvalue weighted by Gasteiger charge is 2.41. The fourth-order valence-corrected chi connectivity index (χ4v) is 7.01. The lowest BCUT2D eigenvalue weighted by Crippen LogP contribution is -2.45. The van der Waals surface area contributed by atoms with E-state index < -0.39 is 15.4 Å². The third-order valence-electron chi connectivity index (χ3n) is 6.96. The largest absolute Gasteiger partial charge is 0.496 e. The quantitative estimate of drug-likeness (QED) is 0.370. The van der Waals surface area contributed by atoms with Gasteiger partial charge in [0.1, 0.15) is 17.0 Å². The maximum Gasteiger partial charge on any atom is 0.274 e. The van der Waals surface area contributed by atoms with Crippen molar-refractivity contribution in [2.45, 2.75) is 36.5 Å². The third kappa shape index (κ3) is 4.40. The molecule has 1 unspecified atom stereocenters. The number of benzene rings is 2. The van der Waals surface area contributed by atoms with Crippen LogP contribution in [0.1, 0.15) is 39.4 Å². The zero-order chi connectivity index (χ0) is 26.2. The van der Waals surface area contributed by atoms with Crippen LogP contribution in [0.3, 0.4) is 0 Å². The first kappa shape index (κ1) is 25.0. The van der Waals surface area contributed by atoms with Gasteiger partial charge in [0.05, 0.1) is 29.8 Å². The maximum absolute atomic E-state index is 13.6. The highest BCUT2D eigenvalue weighted by Crippen LogP contribution is 2.39. The van der Waals surface area contributed by atoms with Crippen molar-refractivity contribution >= 4 is 27.5 Å². The summed E-state index contributed by atoms with van der Waals surface area (Å²) in [6.07, 6.45) is 2.91. The van der Waals surface area contributed by atoms with Crippen LogP contribution >= 0.6 is 11.6 Å². The number of rotatable bonds is 7. The van der Waals surface area contributed by atoms with Crippen LogP contribution in [0, 0.1) is 6.92 Å². The van der Waals surface area contributed by atoms with Crippen molar-refractivity contribution in [2.24, 2.45) is 0 Å². The first-order chi connectivity index (χ1) is 17.8. The number of hydrogen-bond acceptors (Lipinski definition) is 6. The van der Waals surface area contributed by atoms with Gasteiger partial charge in [-0.3, -0.25) is 9.89 Å². The molecule has 1 aliphatic carbocycles. The second kappa shape index (κ2) is 9.68. The number of imidazole rings is 1. The SMILES string of the molecule is COc1ccccc1C(=O)NCC1(c2ccccc2)CCc2ncn(S(=O)(=O)c3c(Cl)n[nH]c3C)c2C1. The molecule has 0 radical (unpaired) electrons. The van der Waals surface area contributed by atoms with Crippen molar-refractivity contribution in [1.82, 2.24) is 24.5 Å². The second-order valence-electron chi connectivity index (χ2n) is 9.11. The Kier molecular flexibility index (Phi) is 6.55. The molecule has 1 amide bonds. The highest BCUT2D eigenvalue weighted by atomic mass is 35.5. The Balaban J connectivity index is 1.53. The zero-order valence-corrected chi connectivity index (χ0v) is 21.9. The van der Waals surface area contributed by atoms with E-state index in [4.69, 9.17) is 16.3 Å². The Morgan fingerprint density at radius 1 is 1.19 bits per heavy atom. The number of H-pyrrole nitrogens is 1. The molecule has 0 fully saturated rings. The number of nitrogens with zero attached hydrogens (tertiary/aromatic N) is 3. The number of aromatic amines is 1. The first-order valence-electron chi connectivity index (χ1n) is 11.7. The molecule has 0 saturated heterocycles. The molecule has 11 heteroatoms. The number of amides is 1. The molecule has 192 valence electrons. The third-order valence-corrected chi connectivity index (χ3v) is 9.19. The summed E-state index contributed by atoms with van der Waals surface area (Å²) in [7, 11) is -2.52. The number of aryl methyl sites for hydroxylation is 2. The topological polar surface area (TPSA) is 119 Å². The summed E-state index contributed by atoms with van der Waals surface area (Å²) in [6, 6.07) is 16.9. The van der Waals surface area contributed by atoms with Crippen LogP contribution in [0.25, 0.3) is 0 Å². The smallest absolute Gasteiger partial charge is 0.274 e. The molecule has 5 rings (SSSR count). The Morgan fingerprint density at radius 2 is 1.92 bits per heavy atom. The number of halogens is 1. The second-order valence-corrected chi connectivity index (χ2v) is 11.2. The highest BCUT2D eigenvalue weighted by molar-refractivity contribution is 7.90. The molecule has 2 heterocycles. The van der Waals surface area contributed by atoms with Crippen molar-refractivity contribution in [3.05, 3.63) is 94.3 Å². The minimum Gasteiger partial charge on any atom is -0.496 e. The van der Waals surface area contributed by atoms with Gasteiger partial charge in [-0.25, -0.2) is 17.4 Å². The van der Waals surface area contributed by atoms with E-state index in [1.54, 1.807) is 31.2 Å². The number of para-hydroxylation sites is 1. The molecule has 0 bridgehead atoms. The molecule has 0 saturated carbocycles. The lowest BCUT2D eigenvalue weighted by Gasteiger charge is -2.38. The van der Waals surface area contributed by atoms with Crippen LogP contribution in [-0.4, -0.2) is 47.1 Å². The van der Waals surface area contributed by atoms with Gasteiger partial charge >= 0.3 is 0 Å². The predicted molar refractivity (Wildman–Crippen MR) is 139 cm³/mol. The number of nitrogens with one attached hydrogen (secondary N) is 2. The van der Waals surface area contributed by atoms with E-state index in [0.717, 1.165) is 5.56 Å². The summed E-state index contributed by atoms with van der Waals surface area (Å²) >= 11 is 6.14. The van der Waals surface area contributed by atoms with E-state index in [0.29, 0.717) is 54.2 Å². The van der Waals surface area contributed by atoms with Crippen LogP contribution in [-0.2, 0) is 28.3 Å². The molecule has 2 aromatic carbocycles. The molecule has 2 aromatic heterocycles. The predicted octanol–water partition coefficient (Wildman–Crippen LogP) is 3.67. The summed E-state index contributed by atoms with van der Waals surface area (Å²) in [5.74, 6) is 0.219. The lowest BCUT2D eigenvalue weighted by atomic mass is 9.69. The van der Waals surface area contributed by atoms with Crippen molar-refractivity contribution in [3.63, 3.8) is 0 Å². The average Bonchev–Trinajstić information content (AvgIpc) is 3.50. The Bertz CT molecular complexity index is 1550. The zero-order valence-electron chi connectivity index (χ0n) is 20.4. The minimum absolute atomic E-state index is 0.0743. The molecule has 4 aromatic rings. The van der Waals surface area contributed by atoms with Crippen LogP contribution < -0.4 is 10.1 Å². The first-order valence-corrected chi connectivity index (χ1v) is 13.6. The average molecular weight is 540 g/mol. The molecular weight excluding hydrogens is 514 g/mol.